The van der Waals surface area contributed by atoms with E-state index < -0.39 is 114 Å². The predicted molar refractivity (Wildman–Crippen MR) is 321 cm³/mol. The molecule has 0 aliphatic carbocycles. The number of unbranched alkanes of at least 4 members (excludes halogenated alkanes) is 2. The van der Waals surface area contributed by atoms with E-state index >= 15 is 0 Å². The molecule has 27 heteroatoms. The number of allylic oxidation sites excluding steroid dienone is 3. The number of hydrogen-bond acceptors (Lipinski definition) is 17. The SMILES string of the molecule is COc1cc2cc(c1Cl)N(C)C(=O)CC(OC(=O)[C@H](C)N(C)C(=O)OCc1ccc(NC(=O)[C@H](CCCNC(N)=O)NC(=O)[C@@H](NC(=O)CCCCCN3C(=O)C=CC3=O)C(C)C)cc1)[C@]1(C)O[C@H]1[C@H](C)[C@@H]1C[C@@](O)(NC(=O)O1)C(OC)/C=C/C=C(\C)C2. The van der Waals surface area contributed by atoms with E-state index in [4.69, 9.17) is 45.8 Å². The number of alkyl carbamates (subject to hydrolysis) is 1. The van der Waals surface area contributed by atoms with Crippen molar-refractivity contribution in [1.29, 1.82) is 0 Å². The Labute approximate surface area is 516 Å². The lowest BCUT2D eigenvalue weighted by molar-refractivity contribution is -0.158. The summed E-state index contributed by atoms with van der Waals surface area (Å²) in [6.45, 7) is 10.2. The number of carbonyl (C=O) groups is 10. The van der Waals surface area contributed by atoms with Gasteiger partial charge in [-0.2, -0.15) is 0 Å². The van der Waals surface area contributed by atoms with E-state index in [1.807, 2.05) is 13.0 Å². The van der Waals surface area contributed by atoms with Crippen LogP contribution >= 0.6 is 11.6 Å². The van der Waals surface area contributed by atoms with E-state index in [0.29, 0.717) is 48.4 Å². The topological polar surface area (TPSA) is 346 Å². The molecule has 8 N–H and O–H groups in total. The number of imide groups is 1. The maximum Gasteiger partial charge on any atom is 0.410 e. The Morgan fingerprint density at radius 3 is 2.31 bits per heavy atom. The number of rotatable bonds is 23. The van der Waals surface area contributed by atoms with Gasteiger partial charge in [0.25, 0.3) is 11.8 Å². The van der Waals surface area contributed by atoms with Crippen LogP contribution in [0.15, 0.2) is 72.4 Å². The molecule has 26 nitrogen and oxygen atoms in total. The van der Waals surface area contributed by atoms with Crippen molar-refractivity contribution in [3.63, 3.8) is 0 Å². The Bertz CT molecular complexity index is 3010. The van der Waals surface area contributed by atoms with Gasteiger partial charge in [0, 0.05) is 70.9 Å². The number of hydrogen-bond donors (Lipinski definition) is 7. The van der Waals surface area contributed by atoms with Crippen LogP contribution in [-0.4, -0.2) is 170 Å². The molecule has 2 saturated heterocycles. The highest BCUT2D eigenvalue weighted by Gasteiger charge is 2.64. The average Bonchev–Trinajstić information content (AvgIpc) is 1.82. The first-order valence-corrected chi connectivity index (χ1v) is 29.5. The van der Waals surface area contributed by atoms with Crippen molar-refractivity contribution in [3.05, 3.63) is 88.5 Å². The second-order valence-electron chi connectivity index (χ2n) is 23.0. The number of nitrogens with one attached hydrogen (secondary N) is 5. The van der Waals surface area contributed by atoms with Crippen molar-refractivity contribution in [1.82, 2.24) is 31.1 Å². The van der Waals surface area contributed by atoms with Crippen LogP contribution in [0, 0.1) is 11.8 Å². The van der Waals surface area contributed by atoms with Crippen LogP contribution in [0.1, 0.15) is 104 Å². The zero-order valence-corrected chi connectivity index (χ0v) is 52.1. The van der Waals surface area contributed by atoms with Gasteiger partial charge in [-0.1, -0.05) is 74.7 Å². The number of benzene rings is 2. The number of esters is 1. The smallest absolute Gasteiger partial charge is 0.410 e. The van der Waals surface area contributed by atoms with Gasteiger partial charge in [0.05, 0.1) is 25.3 Å². The van der Waals surface area contributed by atoms with Crippen molar-refractivity contribution in [2.24, 2.45) is 17.6 Å². The highest BCUT2D eigenvalue weighted by molar-refractivity contribution is 6.35. The molecule has 0 aromatic heterocycles. The van der Waals surface area contributed by atoms with Crippen LogP contribution in [0.5, 0.6) is 5.75 Å². The van der Waals surface area contributed by atoms with Crippen molar-refractivity contribution in [2.45, 2.75) is 160 Å². The van der Waals surface area contributed by atoms with E-state index in [9.17, 15) is 53.1 Å². The third kappa shape index (κ3) is 18.0. The van der Waals surface area contributed by atoms with Crippen molar-refractivity contribution >= 4 is 82.6 Å². The standard InChI is InChI=1S/C61H82ClN9O17/c1-34(2)52(67-47(72)19-12-11-13-27-71-48(73)24-25-49(71)74)55(77)66-41(17-15-26-64-57(63)79)54(76)65-40-22-20-38(21-23-40)33-85-59(81)69(7)37(5)56(78)87-46-31-50(75)70(8)42-29-39(30-43(83-9)51(42)62)28-35(3)16-14-18-45(84-10)61(82)32-44(86-58(80)68-61)36(4)53-60(46,6)88-53/h14,16,18,20-25,29-30,34,36-37,41,44-46,52-53,82H,11-13,15,17,19,26-28,31-33H2,1-10H3,(H,65,76)(H,66,77)(H,67,72)(H,68,80)(H3,63,64,79)/b18-14+,35-16+/t36-,37+,41+,44+,45?,46?,52+,53+,60+,61+/m1/s1. The maximum atomic E-state index is 14.4. The minimum absolute atomic E-state index is 0.0698. The van der Waals surface area contributed by atoms with Crippen LogP contribution in [-0.2, 0) is 70.3 Å². The van der Waals surface area contributed by atoms with E-state index in [-0.39, 0.29) is 68.1 Å². The summed E-state index contributed by atoms with van der Waals surface area (Å²) in [6, 6.07) is 5.55. The van der Waals surface area contributed by atoms with Gasteiger partial charge in [-0.05, 0) is 94.2 Å². The number of aliphatic hydroxyl groups is 1. The highest BCUT2D eigenvalue weighted by Crippen LogP contribution is 2.49. The molecule has 0 spiro atoms. The molecule has 6 rings (SSSR count). The molecule has 4 bridgehead atoms. The summed E-state index contributed by atoms with van der Waals surface area (Å²) < 4.78 is 35.0. The number of amides is 10. The fourth-order valence-electron chi connectivity index (χ4n) is 10.5. The first-order valence-electron chi connectivity index (χ1n) is 29.1. The Morgan fingerprint density at radius 2 is 1.66 bits per heavy atom. The number of anilines is 2. The van der Waals surface area contributed by atoms with Crippen LogP contribution < -0.4 is 42.0 Å². The van der Waals surface area contributed by atoms with Gasteiger partial charge >= 0.3 is 24.2 Å². The second-order valence-corrected chi connectivity index (χ2v) is 23.4. The largest absolute Gasteiger partial charge is 0.495 e. The van der Waals surface area contributed by atoms with Crippen molar-refractivity contribution in [3.8, 4) is 5.75 Å². The zero-order valence-electron chi connectivity index (χ0n) is 51.3. The summed E-state index contributed by atoms with van der Waals surface area (Å²) in [5, 5.41) is 25.3. The quantitative estimate of drug-likeness (QED) is 0.0258. The van der Waals surface area contributed by atoms with Gasteiger partial charge in [-0.15, -0.1) is 0 Å². The lowest BCUT2D eigenvalue weighted by atomic mass is 9.83. The number of nitrogens with two attached hydrogens (primary N) is 1. The number of nitrogens with zero attached hydrogens (tertiary/aromatic N) is 3. The molecule has 10 amide bonds. The average molecular weight is 1250 g/mol. The number of primary amides is 1. The molecule has 2 unspecified atom stereocenters. The Kier molecular flexibility index (Phi) is 24.1. The number of likely N-dealkylation sites (N-methyl/N-ethyl adjacent to an activating group) is 1. The lowest BCUT2D eigenvalue weighted by Gasteiger charge is -2.42. The first-order chi connectivity index (χ1) is 41.6. The minimum atomic E-state index is -1.91. The van der Waals surface area contributed by atoms with Gasteiger partial charge in [0.1, 0.15) is 59.4 Å². The molecule has 0 saturated carbocycles. The molecular weight excluding hydrogens is 1170 g/mol. The summed E-state index contributed by atoms with van der Waals surface area (Å²) in [7, 11) is 5.70. The zero-order chi connectivity index (χ0) is 64.8. The molecule has 4 aliphatic rings. The Morgan fingerprint density at radius 1 is 0.966 bits per heavy atom. The van der Waals surface area contributed by atoms with Crippen LogP contribution in [0.25, 0.3) is 0 Å². The first kappa shape index (κ1) is 69.0. The molecule has 4 aliphatic heterocycles. The third-order valence-electron chi connectivity index (χ3n) is 16.1. The predicted octanol–water partition coefficient (Wildman–Crippen LogP) is 4.82. The summed E-state index contributed by atoms with van der Waals surface area (Å²) >= 11 is 6.83. The second kappa shape index (κ2) is 30.7. The maximum absolute atomic E-state index is 14.4. The number of fused-ring (bicyclic) bond motifs is 5. The number of halogens is 1. The molecule has 10 atom stereocenters. The fourth-order valence-corrected chi connectivity index (χ4v) is 10.8. The molecule has 4 heterocycles. The normalized spacial score (nSPS) is 24.7. The summed E-state index contributed by atoms with van der Waals surface area (Å²) in [4.78, 5) is 134. The van der Waals surface area contributed by atoms with E-state index in [0.717, 1.165) is 20.9 Å². The number of ether oxygens (including phenoxy) is 6. The summed E-state index contributed by atoms with van der Waals surface area (Å²) in [6.07, 6.45) is 3.41. The van der Waals surface area contributed by atoms with E-state index in [2.05, 4.69) is 26.6 Å². The molecule has 88 heavy (non-hydrogen) atoms. The number of epoxide rings is 1. The molecule has 2 aromatic carbocycles. The summed E-state index contributed by atoms with van der Waals surface area (Å²) in [5.41, 5.74) is 4.68. The van der Waals surface area contributed by atoms with Crippen LogP contribution in [0.3, 0.4) is 0 Å². The molecular formula is C61H82ClN9O17. The Hall–Kier alpha value is -8.07. The monoisotopic (exact) mass is 1250 g/mol. The number of urea groups is 1. The van der Waals surface area contributed by atoms with Gasteiger partial charge in [0.2, 0.25) is 23.6 Å². The van der Waals surface area contributed by atoms with E-state index in [1.54, 1.807) is 76.2 Å². The molecule has 2 aromatic rings. The minimum Gasteiger partial charge on any atom is -0.495 e. The van der Waals surface area contributed by atoms with Gasteiger partial charge in [-0.3, -0.25) is 43.9 Å². The highest BCUT2D eigenvalue weighted by atomic mass is 35.5. The van der Waals surface area contributed by atoms with Crippen LogP contribution in [0.4, 0.5) is 25.8 Å². The van der Waals surface area contributed by atoms with Gasteiger partial charge in [-0.25, -0.2) is 19.2 Å². The number of carbonyl (C=O) groups excluding carboxylic acids is 10. The van der Waals surface area contributed by atoms with Gasteiger partial charge in [0.15, 0.2) is 5.72 Å². The summed E-state index contributed by atoms with van der Waals surface area (Å²) in [5.74, 6) is -4.54. The van der Waals surface area contributed by atoms with Gasteiger partial charge < -0.3 is 65.4 Å². The fraction of sp³-hybridized carbons (Fsp3) is 0.541. The number of methoxy groups -OCH3 is 2. The van der Waals surface area contributed by atoms with E-state index in [1.165, 1.54) is 52.3 Å². The third-order valence-corrected chi connectivity index (χ3v) is 16.4. The van der Waals surface area contributed by atoms with Crippen molar-refractivity contribution in [2.75, 3.05) is 51.6 Å². The molecule has 480 valence electrons. The van der Waals surface area contributed by atoms with Crippen LogP contribution in [0.2, 0.25) is 5.02 Å². The lowest BCUT2D eigenvalue weighted by Crippen LogP contribution is -2.63. The Balaban J connectivity index is 1.09. The molecule has 0 radical (unpaired) electrons. The van der Waals surface area contributed by atoms with Crippen molar-refractivity contribution < 1.29 is 81.5 Å². The molecule has 2 fully saturated rings.